The molecular weight excluding hydrogens is 318 g/mol. The molecule has 0 bridgehead atoms. The van der Waals surface area contributed by atoms with Gasteiger partial charge >= 0.3 is 0 Å². The van der Waals surface area contributed by atoms with E-state index >= 15 is 0 Å². The van der Waals surface area contributed by atoms with Crippen molar-refractivity contribution in [1.29, 1.82) is 0 Å². The van der Waals surface area contributed by atoms with Gasteiger partial charge in [-0.05, 0) is 50.7 Å². The fourth-order valence-electron chi connectivity index (χ4n) is 4.07. The maximum Gasteiger partial charge on any atom is 0.253 e. The molecule has 0 aromatic carbocycles. The maximum atomic E-state index is 12.6. The summed E-state index contributed by atoms with van der Waals surface area (Å²) in [6, 6.07) is 3.58. The number of rotatable bonds is 3. The van der Waals surface area contributed by atoms with Gasteiger partial charge in [-0.15, -0.1) is 0 Å². The Hall–Kier alpha value is -1.95. The quantitative estimate of drug-likeness (QED) is 0.838. The van der Waals surface area contributed by atoms with Crippen molar-refractivity contribution < 1.29 is 14.3 Å². The Morgan fingerprint density at radius 3 is 2.60 bits per heavy atom. The molecule has 3 heterocycles. The van der Waals surface area contributed by atoms with E-state index in [1.807, 2.05) is 9.80 Å². The molecule has 25 heavy (non-hydrogen) atoms. The Balaban J connectivity index is 1.43. The molecule has 1 atom stereocenters. The zero-order valence-electron chi connectivity index (χ0n) is 14.7. The van der Waals surface area contributed by atoms with Crippen LogP contribution in [0.5, 0.6) is 0 Å². The normalized spacial score (nSPS) is 26.1. The highest BCUT2D eigenvalue weighted by Crippen LogP contribution is 2.38. The van der Waals surface area contributed by atoms with Crippen molar-refractivity contribution in [3.05, 3.63) is 30.1 Å². The molecule has 1 aromatic rings. The monoisotopic (exact) mass is 343 g/mol. The summed E-state index contributed by atoms with van der Waals surface area (Å²) >= 11 is 0. The van der Waals surface area contributed by atoms with Gasteiger partial charge in [0.1, 0.15) is 6.61 Å². The minimum Gasteiger partial charge on any atom is -0.363 e. The lowest BCUT2D eigenvalue weighted by atomic mass is 9.82. The minimum atomic E-state index is -0.308. The standard InChI is InChI=1S/C19H25N3O3/c1-14-19(25-13-17(23)22(14)12-15-2-3-15)6-10-21(11-7-19)18(24)16-4-8-20-9-5-16/h4-5,8-9,14-15H,2-3,6-7,10-13H2,1H3/t14-/m1/s1. The van der Waals surface area contributed by atoms with E-state index < -0.39 is 0 Å². The van der Waals surface area contributed by atoms with Crippen molar-refractivity contribution in [3.8, 4) is 0 Å². The van der Waals surface area contributed by atoms with Crippen molar-refractivity contribution in [2.24, 2.45) is 5.92 Å². The fraction of sp³-hybridized carbons (Fsp3) is 0.632. The molecule has 1 aliphatic carbocycles. The van der Waals surface area contributed by atoms with Gasteiger partial charge in [-0.2, -0.15) is 0 Å². The highest BCUT2D eigenvalue weighted by atomic mass is 16.5. The van der Waals surface area contributed by atoms with Gasteiger partial charge in [0, 0.05) is 37.6 Å². The number of ether oxygens (including phenoxy) is 1. The number of likely N-dealkylation sites (tertiary alicyclic amines) is 1. The number of nitrogens with zero attached hydrogens (tertiary/aromatic N) is 3. The van der Waals surface area contributed by atoms with E-state index in [1.54, 1.807) is 24.5 Å². The smallest absolute Gasteiger partial charge is 0.253 e. The summed E-state index contributed by atoms with van der Waals surface area (Å²) in [5, 5.41) is 0. The first-order valence-electron chi connectivity index (χ1n) is 9.22. The van der Waals surface area contributed by atoms with E-state index in [2.05, 4.69) is 11.9 Å². The van der Waals surface area contributed by atoms with Crippen LogP contribution in [0.2, 0.25) is 0 Å². The number of hydrogen-bond donors (Lipinski definition) is 0. The Kier molecular flexibility index (Phi) is 4.23. The van der Waals surface area contributed by atoms with E-state index in [4.69, 9.17) is 4.74 Å². The summed E-state index contributed by atoms with van der Waals surface area (Å²) in [6.07, 6.45) is 7.31. The largest absolute Gasteiger partial charge is 0.363 e. The second-order valence-corrected chi connectivity index (χ2v) is 7.55. The molecule has 2 aliphatic heterocycles. The van der Waals surface area contributed by atoms with Crippen LogP contribution in [0.15, 0.2) is 24.5 Å². The predicted molar refractivity (Wildman–Crippen MR) is 92.0 cm³/mol. The minimum absolute atomic E-state index is 0.0478. The van der Waals surface area contributed by atoms with Crippen LogP contribution >= 0.6 is 0 Å². The van der Waals surface area contributed by atoms with Gasteiger partial charge in [0.15, 0.2) is 0 Å². The average Bonchev–Trinajstić information content (AvgIpc) is 3.47. The average molecular weight is 343 g/mol. The van der Waals surface area contributed by atoms with Crippen molar-refractivity contribution in [1.82, 2.24) is 14.8 Å². The summed E-state index contributed by atoms with van der Waals surface area (Å²) in [4.78, 5) is 32.8. The van der Waals surface area contributed by atoms with Crippen LogP contribution in [0.25, 0.3) is 0 Å². The molecule has 134 valence electrons. The van der Waals surface area contributed by atoms with Crippen LogP contribution in [-0.2, 0) is 9.53 Å². The molecule has 1 spiro atoms. The number of aromatic nitrogens is 1. The molecule has 1 aromatic heterocycles. The molecule has 0 unspecified atom stereocenters. The number of hydrogen-bond acceptors (Lipinski definition) is 4. The lowest BCUT2D eigenvalue weighted by Crippen LogP contribution is -2.64. The number of carbonyl (C=O) groups is 2. The third-order valence-electron chi connectivity index (χ3n) is 6.01. The van der Waals surface area contributed by atoms with Crippen LogP contribution in [0.1, 0.15) is 43.0 Å². The number of carbonyl (C=O) groups excluding carboxylic acids is 2. The zero-order chi connectivity index (χ0) is 17.4. The SMILES string of the molecule is C[C@H]1N(CC2CC2)C(=O)COC12CCN(C(=O)c1ccncc1)CC2. The van der Waals surface area contributed by atoms with Gasteiger partial charge in [0.05, 0.1) is 11.6 Å². The number of pyridine rings is 1. The third kappa shape index (κ3) is 3.15. The van der Waals surface area contributed by atoms with Crippen molar-refractivity contribution >= 4 is 11.8 Å². The highest BCUT2D eigenvalue weighted by molar-refractivity contribution is 5.94. The molecule has 2 amide bonds. The molecular formula is C19H25N3O3. The van der Waals surface area contributed by atoms with Crippen LogP contribution < -0.4 is 0 Å². The van der Waals surface area contributed by atoms with Crippen molar-refractivity contribution in [2.75, 3.05) is 26.2 Å². The van der Waals surface area contributed by atoms with Crippen LogP contribution in [0.4, 0.5) is 0 Å². The molecule has 3 fully saturated rings. The number of piperidine rings is 1. The summed E-state index contributed by atoms with van der Waals surface area (Å²) in [6.45, 7) is 4.48. The zero-order valence-corrected chi connectivity index (χ0v) is 14.7. The predicted octanol–water partition coefficient (Wildman–Crippen LogP) is 1.71. The molecule has 3 aliphatic rings. The molecule has 4 rings (SSSR count). The van der Waals surface area contributed by atoms with E-state index in [0.717, 1.165) is 19.4 Å². The van der Waals surface area contributed by atoms with Gasteiger partial charge in [0.25, 0.3) is 5.91 Å². The third-order valence-corrected chi connectivity index (χ3v) is 6.01. The summed E-state index contributed by atoms with van der Waals surface area (Å²) in [5.74, 6) is 0.835. The lowest BCUT2D eigenvalue weighted by Gasteiger charge is -2.51. The fourth-order valence-corrected chi connectivity index (χ4v) is 4.07. The molecule has 0 radical (unpaired) electrons. The van der Waals surface area contributed by atoms with E-state index in [-0.39, 0.29) is 30.1 Å². The van der Waals surface area contributed by atoms with Gasteiger partial charge in [-0.25, -0.2) is 0 Å². The number of amides is 2. The second kappa shape index (κ2) is 6.41. The second-order valence-electron chi connectivity index (χ2n) is 7.55. The summed E-state index contributed by atoms with van der Waals surface area (Å²) < 4.78 is 6.06. The van der Waals surface area contributed by atoms with Gasteiger partial charge in [-0.3, -0.25) is 14.6 Å². The highest BCUT2D eigenvalue weighted by Gasteiger charge is 2.49. The molecule has 1 saturated carbocycles. The van der Waals surface area contributed by atoms with Crippen molar-refractivity contribution in [2.45, 2.75) is 44.2 Å². The molecule has 2 saturated heterocycles. The van der Waals surface area contributed by atoms with E-state index in [1.165, 1.54) is 12.8 Å². The first-order chi connectivity index (χ1) is 12.1. The van der Waals surface area contributed by atoms with Gasteiger partial charge < -0.3 is 14.5 Å². The van der Waals surface area contributed by atoms with Crippen LogP contribution in [0.3, 0.4) is 0 Å². The Morgan fingerprint density at radius 2 is 1.96 bits per heavy atom. The van der Waals surface area contributed by atoms with E-state index in [9.17, 15) is 9.59 Å². The van der Waals surface area contributed by atoms with Crippen molar-refractivity contribution in [3.63, 3.8) is 0 Å². The van der Waals surface area contributed by atoms with Gasteiger partial charge in [-0.1, -0.05) is 0 Å². The Morgan fingerprint density at radius 1 is 1.28 bits per heavy atom. The maximum absolute atomic E-state index is 12.6. The Labute approximate surface area is 148 Å². The first-order valence-corrected chi connectivity index (χ1v) is 9.22. The van der Waals surface area contributed by atoms with Gasteiger partial charge in [0.2, 0.25) is 5.91 Å². The van der Waals surface area contributed by atoms with Crippen LogP contribution in [0, 0.1) is 5.92 Å². The topological polar surface area (TPSA) is 62.7 Å². The lowest BCUT2D eigenvalue weighted by molar-refractivity contribution is -0.185. The Bertz CT molecular complexity index is 651. The van der Waals surface area contributed by atoms with E-state index in [0.29, 0.717) is 24.6 Å². The molecule has 6 nitrogen and oxygen atoms in total. The summed E-state index contributed by atoms with van der Waals surface area (Å²) in [5.41, 5.74) is 0.367. The molecule has 0 N–H and O–H groups in total. The van der Waals surface area contributed by atoms with Crippen LogP contribution in [-0.4, -0.2) is 64.5 Å². The molecule has 6 heteroatoms. The first kappa shape index (κ1) is 16.5. The number of morpholine rings is 1. The summed E-state index contributed by atoms with van der Waals surface area (Å²) in [7, 11) is 0.